The van der Waals surface area contributed by atoms with Gasteiger partial charge in [0.1, 0.15) is 11.6 Å². The molecule has 5 heteroatoms. The van der Waals surface area contributed by atoms with Crippen molar-refractivity contribution < 1.29 is 19.0 Å². The SMILES string of the molecule is COc1ccc(F)cc1NC(=O)C1CCC(O)CC1. The first kappa shape index (κ1) is 13.8. The predicted octanol–water partition coefficient (Wildman–Crippen LogP) is 2.32. The molecule has 2 N–H and O–H groups in total. The number of methoxy groups -OCH3 is 1. The van der Waals surface area contributed by atoms with Gasteiger partial charge in [0.15, 0.2) is 0 Å². The number of aliphatic hydroxyl groups excluding tert-OH is 1. The Balaban J connectivity index is 2.04. The van der Waals surface area contributed by atoms with Crippen LogP contribution in [0.15, 0.2) is 18.2 Å². The maximum Gasteiger partial charge on any atom is 0.227 e. The summed E-state index contributed by atoms with van der Waals surface area (Å²) in [5.41, 5.74) is 0.346. The topological polar surface area (TPSA) is 58.6 Å². The molecule has 0 saturated heterocycles. The average Bonchev–Trinajstić information content (AvgIpc) is 2.39. The van der Waals surface area contributed by atoms with Crippen LogP contribution in [0.3, 0.4) is 0 Å². The zero-order valence-electron chi connectivity index (χ0n) is 10.9. The minimum absolute atomic E-state index is 0.128. The van der Waals surface area contributed by atoms with Gasteiger partial charge < -0.3 is 15.2 Å². The van der Waals surface area contributed by atoms with Crippen molar-refractivity contribution in [2.24, 2.45) is 5.92 Å². The molecule has 1 saturated carbocycles. The number of hydrogen-bond donors (Lipinski definition) is 2. The highest BCUT2D eigenvalue weighted by atomic mass is 19.1. The Hall–Kier alpha value is -1.62. The van der Waals surface area contributed by atoms with E-state index in [0.29, 0.717) is 37.1 Å². The third-order valence-corrected chi connectivity index (χ3v) is 3.49. The molecule has 0 spiro atoms. The molecule has 0 atom stereocenters. The molecule has 0 aliphatic heterocycles. The molecule has 4 nitrogen and oxygen atoms in total. The van der Waals surface area contributed by atoms with Gasteiger partial charge in [0.25, 0.3) is 0 Å². The lowest BCUT2D eigenvalue weighted by molar-refractivity contribution is -0.121. The van der Waals surface area contributed by atoms with E-state index < -0.39 is 5.82 Å². The van der Waals surface area contributed by atoms with E-state index in [1.165, 1.54) is 25.3 Å². The summed E-state index contributed by atoms with van der Waals surface area (Å²) < 4.78 is 18.3. The van der Waals surface area contributed by atoms with Crippen LogP contribution in [0.5, 0.6) is 5.75 Å². The summed E-state index contributed by atoms with van der Waals surface area (Å²) in [5.74, 6) is -0.257. The second kappa shape index (κ2) is 6.02. The minimum atomic E-state index is -0.421. The molecule has 0 heterocycles. The standard InChI is InChI=1S/C14H18FNO3/c1-19-13-7-4-10(15)8-12(13)16-14(18)9-2-5-11(17)6-3-9/h4,7-9,11,17H,2-3,5-6H2,1H3,(H,16,18). The fraction of sp³-hybridized carbons (Fsp3) is 0.500. The van der Waals surface area contributed by atoms with Crippen molar-refractivity contribution in [1.82, 2.24) is 0 Å². The number of carbonyl (C=O) groups is 1. The van der Waals surface area contributed by atoms with Gasteiger partial charge in [0.2, 0.25) is 5.91 Å². The number of anilines is 1. The summed E-state index contributed by atoms with van der Waals surface area (Å²) >= 11 is 0. The Morgan fingerprint density at radius 3 is 2.68 bits per heavy atom. The number of rotatable bonds is 3. The Morgan fingerprint density at radius 1 is 1.37 bits per heavy atom. The lowest BCUT2D eigenvalue weighted by atomic mass is 9.87. The molecule has 19 heavy (non-hydrogen) atoms. The van der Waals surface area contributed by atoms with Crippen molar-refractivity contribution in [1.29, 1.82) is 0 Å². The molecule has 2 rings (SSSR count). The van der Waals surface area contributed by atoms with Crippen LogP contribution in [0.1, 0.15) is 25.7 Å². The molecule has 1 aliphatic carbocycles. The van der Waals surface area contributed by atoms with Crippen molar-refractivity contribution in [3.05, 3.63) is 24.0 Å². The van der Waals surface area contributed by atoms with Crippen LogP contribution in [0.25, 0.3) is 0 Å². The normalized spacial score (nSPS) is 22.9. The first-order chi connectivity index (χ1) is 9.10. The maximum atomic E-state index is 13.2. The third-order valence-electron chi connectivity index (χ3n) is 3.49. The molecule has 0 aromatic heterocycles. The van der Waals surface area contributed by atoms with E-state index in [1.54, 1.807) is 0 Å². The highest BCUT2D eigenvalue weighted by Crippen LogP contribution is 2.29. The molecule has 0 bridgehead atoms. The third kappa shape index (κ3) is 3.44. The average molecular weight is 267 g/mol. The molecule has 0 radical (unpaired) electrons. The summed E-state index contributed by atoms with van der Waals surface area (Å²) in [7, 11) is 1.47. The second-order valence-electron chi connectivity index (χ2n) is 4.84. The smallest absolute Gasteiger partial charge is 0.227 e. The van der Waals surface area contributed by atoms with E-state index in [2.05, 4.69) is 5.32 Å². The summed E-state index contributed by atoms with van der Waals surface area (Å²) in [4.78, 5) is 12.1. The number of amides is 1. The van der Waals surface area contributed by atoms with Crippen LogP contribution in [0.2, 0.25) is 0 Å². The van der Waals surface area contributed by atoms with Gasteiger partial charge in [-0.1, -0.05) is 0 Å². The number of ether oxygens (including phenoxy) is 1. The van der Waals surface area contributed by atoms with E-state index >= 15 is 0 Å². The Kier molecular flexibility index (Phi) is 4.37. The van der Waals surface area contributed by atoms with Gasteiger partial charge in [0.05, 0.1) is 18.9 Å². The molecule has 1 aromatic rings. The zero-order valence-corrected chi connectivity index (χ0v) is 10.9. The van der Waals surface area contributed by atoms with E-state index in [-0.39, 0.29) is 17.9 Å². The maximum absolute atomic E-state index is 13.2. The molecule has 104 valence electrons. The quantitative estimate of drug-likeness (QED) is 0.883. The monoisotopic (exact) mass is 267 g/mol. The van der Waals surface area contributed by atoms with Crippen LogP contribution in [0, 0.1) is 11.7 Å². The molecule has 1 amide bonds. The van der Waals surface area contributed by atoms with Gasteiger partial charge in [0, 0.05) is 12.0 Å². The van der Waals surface area contributed by atoms with Crippen LogP contribution in [-0.4, -0.2) is 24.2 Å². The molecular formula is C14H18FNO3. The molecular weight excluding hydrogens is 249 g/mol. The van der Waals surface area contributed by atoms with E-state index in [1.807, 2.05) is 0 Å². The second-order valence-corrected chi connectivity index (χ2v) is 4.84. The van der Waals surface area contributed by atoms with Crippen molar-refractivity contribution in [3.63, 3.8) is 0 Å². The lowest BCUT2D eigenvalue weighted by Gasteiger charge is -2.24. The highest BCUT2D eigenvalue weighted by molar-refractivity contribution is 5.94. The van der Waals surface area contributed by atoms with Crippen LogP contribution in [0.4, 0.5) is 10.1 Å². The van der Waals surface area contributed by atoms with Crippen molar-refractivity contribution in [2.45, 2.75) is 31.8 Å². The molecule has 1 aliphatic rings. The number of carbonyl (C=O) groups excluding carboxylic acids is 1. The fourth-order valence-corrected chi connectivity index (χ4v) is 2.35. The van der Waals surface area contributed by atoms with Crippen LogP contribution < -0.4 is 10.1 Å². The lowest BCUT2D eigenvalue weighted by Crippen LogP contribution is -2.28. The van der Waals surface area contributed by atoms with Gasteiger partial charge in [-0.2, -0.15) is 0 Å². The number of benzene rings is 1. The number of nitrogens with one attached hydrogen (secondary N) is 1. The van der Waals surface area contributed by atoms with Crippen molar-refractivity contribution >= 4 is 11.6 Å². The number of aliphatic hydroxyl groups is 1. The van der Waals surface area contributed by atoms with Gasteiger partial charge in [-0.3, -0.25) is 4.79 Å². The fourth-order valence-electron chi connectivity index (χ4n) is 2.35. The minimum Gasteiger partial charge on any atom is -0.495 e. The van der Waals surface area contributed by atoms with E-state index in [4.69, 9.17) is 4.74 Å². The molecule has 1 aromatic carbocycles. The predicted molar refractivity (Wildman–Crippen MR) is 69.5 cm³/mol. The number of hydrogen-bond acceptors (Lipinski definition) is 3. The molecule has 1 fully saturated rings. The summed E-state index contributed by atoms with van der Waals surface area (Å²) in [5, 5.41) is 12.1. The number of halogens is 1. The van der Waals surface area contributed by atoms with E-state index in [9.17, 15) is 14.3 Å². The largest absolute Gasteiger partial charge is 0.495 e. The first-order valence-corrected chi connectivity index (χ1v) is 6.42. The summed E-state index contributed by atoms with van der Waals surface area (Å²) in [6.07, 6.45) is 2.29. The van der Waals surface area contributed by atoms with E-state index in [0.717, 1.165) is 0 Å². The van der Waals surface area contributed by atoms with Gasteiger partial charge in [-0.15, -0.1) is 0 Å². The Labute approximate surface area is 111 Å². The Bertz CT molecular complexity index is 456. The Morgan fingerprint density at radius 2 is 2.05 bits per heavy atom. The highest BCUT2D eigenvalue weighted by Gasteiger charge is 2.25. The summed E-state index contributed by atoms with van der Waals surface area (Å²) in [6.45, 7) is 0. The van der Waals surface area contributed by atoms with Crippen molar-refractivity contribution in [3.8, 4) is 5.75 Å². The van der Waals surface area contributed by atoms with Crippen LogP contribution >= 0.6 is 0 Å². The summed E-state index contributed by atoms with van der Waals surface area (Å²) in [6, 6.07) is 4.01. The van der Waals surface area contributed by atoms with Gasteiger partial charge >= 0.3 is 0 Å². The van der Waals surface area contributed by atoms with Crippen molar-refractivity contribution in [2.75, 3.05) is 12.4 Å². The van der Waals surface area contributed by atoms with Crippen LogP contribution in [-0.2, 0) is 4.79 Å². The first-order valence-electron chi connectivity index (χ1n) is 6.42. The zero-order chi connectivity index (χ0) is 13.8. The van der Waals surface area contributed by atoms with Gasteiger partial charge in [-0.25, -0.2) is 4.39 Å². The molecule has 0 unspecified atom stereocenters. The van der Waals surface area contributed by atoms with Gasteiger partial charge in [-0.05, 0) is 37.8 Å².